The van der Waals surface area contributed by atoms with Crippen LogP contribution < -0.4 is 5.32 Å². The van der Waals surface area contributed by atoms with Crippen LogP contribution in [0.2, 0.25) is 5.02 Å². The van der Waals surface area contributed by atoms with Gasteiger partial charge in [-0.1, -0.05) is 29.8 Å². The lowest BCUT2D eigenvalue weighted by molar-refractivity contribution is 0.224. The summed E-state index contributed by atoms with van der Waals surface area (Å²) in [6.07, 6.45) is 0. The molecule has 0 aromatic heterocycles. The summed E-state index contributed by atoms with van der Waals surface area (Å²) in [5.41, 5.74) is 0.922. The van der Waals surface area contributed by atoms with E-state index in [4.69, 9.17) is 11.6 Å². The van der Waals surface area contributed by atoms with Crippen molar-refractivity contribution in [1.29, 1.82) is 0 Å². The van der Waals surface area contributed by atoms with Gasteiger partial charge in [-0.05, 0) is 42.8 Å². The minimum Gasteiger partial charge on any atom is -0.508 e. The van der Waals surface area contributed by atoms with Crippen LogP contribution in [0.15, 0.2) is 48.5 Å². The molecule has 0 aliphatic rings. The fourth-order valence-corrected chi connectivity index (χ4v) is 2.13. The molecule has 2 aromatic rings. The molecule has 1 atom stereocenters. The normalized spacial score (nSPS) is 13.8. The predicted octanol–water partition coefficient (Wildman–Crippen LogP) is 3.37. The summed E-state index contributed by atoms with van der Waals surface area (Å²) in [4.78, 5) is 0. The second-order valence-electron chi connectivity index (χ2n) is 4.68. The molecule has 0 heterocycles. The molecule has 0 amide bonds. The highest BCUT2D eigenvalue weighted by Gasteiger charge is 2.26. The highest BCUT2D eigenvalue weighted by molar-refractivity contribution is 6.30. The van der Waals surface area contributed by atoms with Gasteiger partial charge in [0.2, 0.25) is 0 Å². The number of aliphatic hydroxyl groups excluding tert-OH is 1. The maximum Gasteiger partial charge on any atom is 0.115 e. The average Bonchev–Trinajstić information content (AvgIpc) is 2.38. The Morgan fingerprint density at radius 1 is 1.16 bits per heavy atom. The molecule has 3 N–H and O–H groups in total. The first-order valence-electron chi connectivity index (χ1n) is 5.98. The first-order valence-corrected chi connectivity index (χ1v) is 6.35. The Morgan fingerprint density at radius 3 is 2.53 bits per heavy atom. The van der Waals surface area contributed by atoms with E-state index in [9.17, 15) is 10.2 Å². The number of anilines is 1. The third kappa shape index (κ3) is 3.19. The molecule has 0 spiro atoms. The summed E-state index contributed by atoms with van der Waals surface area (Å²) in [5, 5.41) is 23.1. The molecule has 0 aliphatic carbocycles. The molecule has 100 valence electrons. The number of phenolic OH excluding ortho intramolecular Hbond substituents is 1. The number of rotatable bonds is 4. The summed E-state index contributed by atoms with van der Waals surface area (Å²) in [5.74, 6) is 0.171. The fraction of sp³-hybridized carbons (Fsp3) is 0.200. The molecule has 0 fully saturated rings. The fourth-order valence-electron chi connectivity index (χ4n) is 1.94. The molecule has 3 nitrogen and oxygen atoms in total. The van der Waals surface area contributed by atoms with Gasteiger partial charge in [0.25, 0.3) is 0 Å². The number of aromatic hydroxyl groups is 1. The van der Waals surface area contributed by atoms with Crippen LogP contribution in [0, 0.1) is 0 Å². The zero-order valence-electron chi connectivity index (χ0n) is 10.6. The Hall–Kier alpha value is -1.71. The SMILES string of the molecule is CC(CO)(Nc1cccc(Cl)c1)c1cccc(O)c1. The maximum atomic E-state index is 9.68. The van der Waals surface area contributed by atoms with Crippen LogP contribution >= 0.6 is 11.6 Å². The Balaban J connectivity index is 2.32. The monoisotopic (exact) mass is 277 g/mol. The van der Waals surface area contributed by atoms with E-state index < -0.39 is 5.54 Å². The van der Waals surface area contributed by atoms with Gasteiger partial charge in [0.15, 0.2) is 0 Å². The Labute approximate surface area is 117 Å². The van der Waals surface area contributed by atoms with Crippen molar-refractivity contribution in [2.24, 2.45) is 0 Å². The van der Waals surface area contributed by atoms with Crippen molar-refractivity contribution >= 4 is 17.3 Å². The van der Waals surface area contributed by atoms with Crippen LogP contribution in [-0.4, -0.2) is 16.8 Å². The van der Waals surface area contributed by atoms with E-state index in [-0.39, 0.29) is 12.4 Å². The number of phenols is 1. The Kier molecular flexibility index (Phi) is 3.98. The highest BCUT2D eigenvalue weighted by atomic mass is 35.5. The first kappa shape index (κ1) is 13.7. The van der Waals surface area contributed by atoms with Crippen molar-refractivity contribution in [3.63, 3.8) is 0 Å². The maximum absolute atomic E-state index is 9.68. The lowest BCUT2D eigenvalue weighted by Crippen LogP contribution is -2.35. The summed E-state index contributed by atoms with van der Waals surface area (Å²) in [6, 6.07) is 14.1. The van der Waals surface area contributed by atoms with E-state index >= 15 is 0 Å². The van der Waals surface area contributed by atoms with Gasteiger partial charge < -0.3 is 15.5 Å². The number of nitrogens with one attached hydrogen (secondary N) is 1. The van der Waals surface area contributed by atoms with Crippen LogP contribution in [0.3, 0.4) is 0 Å². The minimum absolute atomic E-state index is 0.108. The second kappa shape index (κ2) is 5.51. The van der Waals surface area contributed by atoms with Crippen LogP contribution in [0.1, 0.15) is 12.5 Å². The molecule has 0 radical (unpaired) electrons. The molecule has 1 unspecified atom stereocenters. The van der Waals surface area contributed by atoms with E-state index in [0.29, 0.717) is 5.02 Å². The Morgan fingerprint density at radius 2 is 1.89 bits per heavy atom. The number of hydrogen-bond acceptors (Lipinski definition) is 3. The van der Waals surface area contributed by atoms with Crippen LogP contribution in [0.5, 0.6) is 5.75 Å². The van der Waals surface area contributed by atoms with E-state index in [1.807, 2.05) is 25.1 Å². The van der Waals surface area contributed by atoms with Gasteiger partial charge in [-0.25, -0.2) is 0 Å². The number of hydrogen-bond donors (Lipinski definition) is 3. The molecule has 19 heavy (non-hydrogen) atoms. The number of halogens is 1. The third-order valence-corrected chi connectivity index (χ3v) is 3.28. The standard InChI is InChI=1S/C15H16ClNO2/c1-15(10-18,11-4-2-7-14(19)8-11)17-13-6-3-5-12(16)9-13/h2-9,17-19H,10H2,1H3. The molecule has 0 saturated heterocycles. The largest absolute Gasteiger partial charge is 0.508 e. The Bertz CT molecular complexity index is 574. The van der Waals surface area contributed by atoms with E-state index in [1.165, 1.54) is 0 Å². The molecular formula is C15H16ClNO2. The lowest BCUT2D eigenvalue weighted by Gasteiger charge is -2.30. The molecule has 2 rings (SSSR count). The van der Waals surface area contributed by atoms with Gasteiger partial charge in [-0.15, -0.1) is 0 Å². The van der Waals surface area contributed by atoms with Crippen molar-refractivity contribution in [2.75, 3.05) is 11.9 Å². The van der Waals surface area contributed by atoms with Gasteiger partial charge in [-0.2, -0.15) is 0 Å². The summed E-state index contributed by atoms with van der Waals surface area (Å²) in [7, 11) is 0. The van der Waals surface area contributed by atoms with Gasteiger partial charge in [0.1, 0.15) is 5.75 Å². The topological polar surface area (TPSA) is 52.5 Å². The van der Waals surface area contributed by atoms with Crippen molar-refractivity contribution in [3.8, 4) is 5.75 Å². The molecule has 2 aromatic carbocycles. The summed E-state index contributed by atoms with van der Waals surface area (Å²) < 4.78 is 0. The number of benzene rings is 2. The molecule has 4 heteroatoms. The van der Waals surface area contributed by atoms with Gasteiger partial charge in [0, 0.05) is 10.7 Å². The lowest BCUT2D eigenvalue weighted by atomic mass is 9.92. The van der Waals surface area contributed by atoms with Crippen molar-refractivity contribution in [3.05, 3.63) is 59.1 Å². The quantitative estimate of drug-likeness (QED) is 0.803. The average molecular weight is 278 g/mol. The van der Waals surface area contributed by atoms with Crippen molar-refractivity contribution < 1.29 is 10.2 Å². The zero-order chi connectivity index (χ0) is 13.9. The van der Waals surface area contributed by atoms with Crippen LogP contribution in [0.25, 0.3) is 0 Å². The highest BCUT2D eigenvalue weighted by Crippen LogP contribution is 2.28. The molecule has 0 saturated carbocycles. The third-order valence-electron chi connectivity index (χ3n) is 3.04. The predicted molar refractivity (Wildman–Crippen MR) is 77.6 cm³/mol. The van der Waals surface area contributed by atoms with Gasteiger partial charge >= 0.3 is 0 Å². The summed E-state index contributed by atoms with van der Waals surface area (Å²) >= 11 is 5.95. The van der Waals surface area contributed by atoms with Crippen LogP contribution in [-0.2, 0) is 5.54 Å². The van der Waals surface area contributed by atoms with Gasteiger partial charge in [0.05, 0.1) is 12.1 Å². The number of aliphatic hydroxyl groups is 1. The van der Waals surface area contributed by atoms with E-state index in [0.717, 1.165) is 11.3 Å². The van der Waals surface area contributed by atoms with Crippen molar-refractivity contribution in [2.45, 2.75) is 12.5 Å². The van der Waals surface area contributed by atoms with Crippen LogP contribution in [0.4, 0.5) is 5.69 Å². The van der Waals surface area contributed by atoms with E-state index in [2.05, 4.69) is 5.32 Å². The van der Waals surface area contributed by atoms with E-state index in [1.54, 1.807) is 30.3 Å². The zero-order valence-corrected chi connectivity index (χ0v) is 11.4. The smallest absolute Gasteiger partial charge is 0.115 e. The first-order chi connectivity index (χ1) is 9.03. The van der Waals surface area contributed by atoms with Gasteiger partial charge in [-0.3, -0.25) is 0 Å². The molecular weight excluding hydrogens is 262 g/mol. The molecule has 0 bridgehead atoms. The second-order valence-corrected chi connectivity index (χ2v) is 5.11. The minimum atomic E-state index is -0.691. The van der Waals surface area contributed by atoms with Crippen molar-refractivity contribution in [1.82, 2.24) is 0 Å². The summed E-state index contributed by atoms with van der Waals surface area (Å²) in [6.45, 7) is 1.76. The molecule has 0 aliphatic heterocycles.